The van der Waals surface area contributed by atoms with E-state index in [-0.39, 0.29) is 17.0 Å². The van der Waals surface area contributed by atoms with E-state index in [1.807, 2.05) is 6.92 Å². The number of hydrogen-bond acceptors (Lipinski definition) is 5. The molecule has 2 atom stereocenters. The van der Waals surface area contributed by atoms with Crippen LogP contribution in [0.15, 0.2) is 41.6 Å². The second-order valence-corrected chi connectivity index (χ2v) is 7.51. The fraction of sp³-hybridized carbons (Fsp3) is 0.400. The fourth-order valence-electron chi connectivity index (χ4n) is 2.62. The number of aromatic nitrogens is 2. The highest BCUT2D eigenvalue weighted by Crippen LogP contribution is 2.22. The molecule has 1 fully saturated rings. The monoisotopic (exact) mass is 321 g/mol. The first-order valence-electron chi connectivity index (χ1n) is 7.17. The molecule has 22 heavy (non-hydrogen) atoms. The van der Waals surface area contributed by atoms with Crippen LogP contribution in [-0.2, 0) is 14.6 Å². The molecule has 1 aromatic heterocycles. The molecule has 1 aliphatic rings. The highest BCUT2D eigenvalue weighted by atomic mass is 32.2. The number of sulfone groups is 1. The van der Waals surface area contributed by atoms with Crippen molar-refractivity contribution in [2.24, 2.45) is 0 Å². The fourth-order valence-corrected chi connectivity index (χ4v) is 3.49. The molecule has 2 heterocycles. The number of nitrogens with one attached hydrogen (secondary N) is 1. The average Bonchev–Trinajstić information content (AvgIpc) is 3.09. The molecular weight excluding hydrogens is 302 g/mol. The van der Waals surface area contributed by atoms with E-state index in [1.165, 1.54) is 6.26 Å². The number of hydrogen-bond donors (Lipinski definition) is 1. The van der Waals surface area contributed by atoms with Crippen molar-refractivity contribution in [3.63, 3.8) is 0 Å². The number of benzene rings is 1. The Balaban J connectivity index is 1.88. The summed E-state index contributed by atoms with van der Waals surface area (Å²) in [6, 6.07) is 7.09. The molecule has 1 aromatic carbocycles. The smallest absolute Gasteiger partial charge is 0.177 e. The van der Waals surface area contributed by atoms with Crippen LogP contribution in [0.4, 0.5) is 5.69 Å². The summed E-state index contributed by atoms with van der Waals surface area (Å²) in [5, 5.41) is 7.66. The second-order valence-electron chi connectivity index (χ2n) is 5.53. The van der Waals surface area contributed by atoms with Crippen molar-refractivity contribution in [3.05, 3.63) is 36.7 Å². The Morgan fingerprint density at radius 2 is 2.14 bits per heavy atom. The van der Waals surface area contributed by atoms with E-state index in [9.17, 15) is 8.42 Å². The molecule has 0 saturated carbocycles. The highest BCUT2D eigenvalue weighted by Gasteiger charge is 2.24. The van der Waals surface area contributed by atoms with Crippen LogP contribution >= 0.6 is 0 Å². The van der Waals surface area contributed by atoms with Crippen LogP contribution in [0, 0.1) is 0 Å². The maximum atomic E-state index is 11.9. The summed E-state index contributed by atoms with van der Waals surface area (Å²) in [6.07, 6.45) is 5.81. The molecule has 0 amide bonds. The van der Waals surface area contributed by atoms with Crippen LogP contribution in [0.25, 0.3) is 5.69 Å². The Hall–Kier alpha value is -1.86. The van der Waals surface area contributed by atoms with Gasteiger partial charge in [0.2, 0.25) is 0 Å². The first-order valence-corrected chi connectivity index (χ1v) is 9.06. The van der Waals surface area contributed by atoms with Crippen LogP contribution in [0.1, 0.15) is 13.3 Å². The standard InChI is InChI=1S/C15H19N3O3S/c1-11-13(7-8-21-11)17-12-9-16-18(10-12)14-5-3-4-6-15(14)22(2,19)20/h3-6,9-11,13,17H,7-8H2,1-2H3/t11-,13-/m0/s1. The summed E-state index contributed by atoms with van der Waals surface area (Å²) in [4.78, 5) is 0.266. The molecule has 7 heteroatoms. The molecule has 118 valence electrons. The normalized spacial score (nSPS) is 21.9. The third kappa shape index (κ3) is 3.00. The molecular formula is C15H19N3O3S. The lowest BCUT2D eigenvalue weighted by Crippen LogP contribution is -2.26. The molecule has 0 bridgehead atoms. The SMILES string of the molecule is C[C@@H]1OCC[C@@H]1Nc1cnn(-c2ccccc2S(C)(=O)=O)c1. The van der Waals surface area contributed by atoms with Crippen LogP contribution in [-0.4, -0.2) is 43.2 Å². The Morgan fingerprint density at radius 3 is 2.82 bits per heavy atom. The number of ether oxygens (including phenoxy) is 1. The van der Waals surface area contributed by atoms with E-state index in [2.05, 4.69) is 10.4 Å². The van der Waals surface area contributed by atoms with Crippen LogP contribution in [0.2, 0.25) is 0 Å². The average molecular weight is 321 g/mol. The number of para-hydroxylation sites is 1. The third-order valence-corrected chi connectivity index (χ3v) is 4.97. The Morgan fingerprint density at radius 1 is 1.36 bits per heavy atom. The lowest BCUT2D eigenvalue weighted by atomic mass is 10.1. The first kappa shape index (κ1) is 15.1. The van der Waals surface area contributed by atoms with Crippen molar-refractivity contribution in [1.82, 2.24) is 9.78 Å². The third-order valence-electron chi connectivity index (χ3n) is 3.82. The summed E-state index contributed by atoms with van der Waals surface area (Å²) in [6.45, 7) is 2.79. The van der Waals surface area contributed by atoms with E-state index >= 15 is 0 Å². The first-order chi connectivity index (χ1) is 10.4. The summed E-state index contributed by atoms with van der Waals surface area (Å²) in [5.41, 5.74) is 1.40. The van der Waals surface area contributed by atoms with Crippen molar-refractivity contribution < 1.29 is 13.2 Å². The van der Waals surface area contributed by atoms with Gasteiger partial charge in [0, 0.05) is 12.9 Å². The Kier molecular flexibility index (Phi) is 3.92. The predicted octanol–water partition coefficient (Wildman–Crippen LogP) is 1.87. The molecule has 2 aromatic rings. The van der Waals surface area contributed by atoms with Gasteiger partial charge in [0.15, 0.2) is 9.84 Å². The quantitative estimate of drug-likeness (QED) is 0.930. The van der Waals surface area contributed by atoms with Crippen molar-refractivity contribution in [2.45, 2.75) is 30.4 Å². The van der Waals surface area contributed by atoms with Gasteiger partial charge in [-0.3, -0.25) is 0 Å². The zero-order valence-corrected chi connectivity index (χ0v) is 13.4. The van der Waals surface area contributed by atoms with E-state index in [4.69, 9.17) is 4.74 Å². The molecule has 3 rings (SSSR count). The summed E-state index contributed by atoms with van der Waals surface area (Å²) in [7, 11) is -3.30. The van der Waals surface area contributed by atoms with Gasteiger partial charge in [-0.1, -0.05) is 12.1 Å². The summed E-state index contributed by atoms with van der Waals surface area (Å²) < 4.78 is 30.9. The van der Waals surface area contributed by atoms with Gasteiger partial charge in [-0.05, 0) is 25.5 Å². The molecule has 1 N–H and O–H groups in total. The maximum Gasteiger partial charge on any atom is 0.177 e. The van der Waals surface area contributed by atoms with E-state index in [1.54, 1.807) is 41.3 Å². The summed E-state index contributed by atoms with van der Waals surface area (Å²) in [5.74, 6) is 0. The zero-order valence-electron chi connectivity index (χ0n) is 12.6. The number of anilines is 1. The van der Waals surface area contributed by atoms with Gasteiger partial charge < -0.3 is 10.1 Å². The largest absolute Gasteiger partial charge is 0.377 e. The van der Waals surface area contributed by atoms with E-state index in [0.717, 1.165) is 18.7 Å². The van der Waals surface area contributed by atoms with Crippen LogP contribution in [0.5, 0.6) is 0 Å². The molecule has 6 nitrogen and oxygen atoms in total. The van der Waals surface area contributed by atoms with Gasteiger partial charge in [-0.2, -0.15) is 5.10 Å². The van der Waals surface area contributed by atoms with Crippen molar-refractivity contribution >= 4 is 15.5 Å². The summed E-state index contributed by atoms with van der Waals surface area (Å²) >= 11 is 0. The topological polar surface area (TPSA) is 73.2 Å². The van der Waals surface area contributed by atoms with Gasteiger partial charge in [0.1, 0.15) is 0 Å². The lowest BCUT2D eigenvalue weighted by Gasteiger charge is -2.15. The van der Waals surface area contributed by atoms with Crippen molar-refractivity contribution in [1.29, 1.82) is 0 Å². The van der Waals surface area contributed by atoms with Gasteiger partial charge in [-0.15, -0.1) is 0 Å². The molecule has 1 aliphatic heterocycles. The predicted molar refractivity (Wildman–Crippen MR) is 84.1 cm³/mol. The molecule has 0 radical (unpaired) electrons. The van der Waals surface area contributed by atoms with Crippen molar-refractivity contribution in [3.8, 4) is 5.69 Å². The minimum absolute atomic E-state index is 0.159. The maximum absolute atomic E-state index is 11.9. The lowest BCUT2D eigenvalue weighted by molar-refractivity contribution is 0.121. The molecule has 0 aliphatic carbocycles. The molecule has 1 saturated heterocycles. The minimum Gasteiger partial charge on any atom is -0.377 e. The van der Waals surface area contributed by atoms with Gasteiger partial charge >= 0.3 is 0 Å². The van der Waals surface area contributed by atoms with Gasteiger partial charge in [0.25, 0.3) is 0 Å². The molecule has 0 unspecified atom stereocenters. The highest BCUT2D eigenvalue weighted by molar-refractivity contribution is 7.90. The Labute approximate surface area is 130 Å². The number of nitrogens with zero attached hydrogens (tertiary/aromatic N) is 2. The number of rotatable bonds is 4. The Bertz CT molecular complexity index is 770. The second kappa shape index (κ2) is 5.73. The van der Waals surface area contributed by atoms with Gasteiger partial charge in [-0.25, -0.2) is 13.1 Å². The van der Waals surface area contributed by atoms with E-state index < -0.39 is 9.84 Å². The van der Waals surface area contributed by atoms with Crippen molar-refractivity contribution in [2.75, 3.05) is 18.2 Å². The minimum atomic E-state index is -3.30. The van der Waals surface area contributed by atoms with Gasteiger partial charge in [0.05, 0.1) is 40.8 Å². The van der Waals surface area contributed by atoms with Crippen LogP contribution < -0.4 is 5.32 Å². The molecule has 0 spiro atoms. The zero-order chi connectivity index (χ0) is 15.7. The van der Waals surface area contributed by atoms with Crippen LogP contribution in [0.3, 0.4) is 0 Å². The van der Waals surface area contributed by atoms with E-state index in [0.29, 0.717) is 5.69 Å².